The Hall–Kier alpha value is -1.77. The molecule has 0 aliphatic heterocycles. The van der Waals surface area contributed by atoms with Gasteiger partial charge in [0.05, 0.1) is 5.56 Å². The average Bonchev–Trinajstić information content (AvgIpc) is 2.41. The second-order valence-corrected chi connectivity index (χ2v) is 4.95. The van der Waals surface area contributed by atoms with E-state index in [9.17, 15) is 4.79 Å². The topological polar surface area (TPSA) is 30.2 Å². The van der Waals surface area contributed by atoms with Gasteiger partial charge in [0.25, 0.3) is 0 Å². The molecular formula is C15H8Cl2O2. The fourth-order valence-corrected chi connectivity index (χ4v) is 2.35. The lowest BCUT2D eigenvalue weighted by atomic mass is 10.1. The highest BCUT2D eigenvalue weighted by Crippen LogP contribution is 2.30. The standard InChI is InChI=1S/C15H8Cl2O2/c16-10-5-6-13(17)11(8-10)12-7-9-3-1-2-4-14(9)19-15(12)18/h1-8H. The van der Waals surface area contributed by atoms with Crippen molar-refractivity contribution in [3.05, 3.63) is 69.0 Å². The van der Waals surface area contributed by atoms with Crippen molar-refractivity contribution >= 4 is 34.2 Å². The third kappa shape index (κ3) is 2.25. The summed E-state index contributed by atoms with van der Waals surface area (Å²) >= 11 is 12.1. The van der Waals surface area contributed by atoms with Crippen LogP contribution in [0.3, 0.4) is 0 Å². The molecule has 0 atom stereocenters. The van der Waals surface area contributed by atoms with Gasteiger partial charge in [0.1, 0.15) is 5.58 Å². The van der Waals surface area contributed by atoms with E-state index in [2.05, 4.69) is 0 Å². The molecule has 0 saturated carbocycles. The van der Waals surface area contributed by atoms with Crippen molar-refractivity contribution in [1.29, 1.82) is 0 Å². The quantitative estimate of drug-likeness (QED) is 0.605. The molecule has 94 valence electrons. The van der Waals surface area contributed by atoms with E-state index in [1.165, 1.54) is 0 Å². The van der Waals surface area contributed by atoms with Crippen molar-refractivity contribution in [2.24, 2.45) is 0 Å². The summed E-state index contributed by atoms with van der Waals surface area (Å²) in [5.74, 6) is 0. The maximum absolute atomic E-state index is 12.0. The minimum Gasteiger partial charge on any atom is -0.422 e. The summed E-state index contributed by atoms with van der Waals surface area (Å²) in [6, 6.07) is 14.1. The molecule has 0 unspecified atom stereocenters. The van der Waals surface area contributed by atoms with Crippen molar-refractivity contribution in [2.75, 3.05) is 0 Å². The summed E-state index contributed by atoms with van der Waals surface area (Å²) in [4.78, 5) is 12.0. The van der Waals surface area contributed by atoms with Crippen molar-refractivity contribution in [1.82, 2.24) is 0 Å². The summed E-state index contributed by atoms with van der Waals surface area (Å²) in [5.41, 5.74) is 1.11. The molecule has 0 bridgehead atoms. The maximum atomic E-state index is 12.0. The number of rotatable bonds is 1. The molecule has 19 heavy (non-hydrogen) atoms. The van der Waals surface area contributed by atoms with Gasteiger partial charge in [-0.15, -0.1) is 0 Å². The Labute approximate surface area is 119 Å². The van der Waals surface area contributed by atoms with E-state index in [0.717, 1.165) is 5.39 Å². The Kier molecular flexibility index (Phi) is 3.05. The third-order valence-corrected chi connectivity index (χ3v) is 3.42. The van der Waals surface area contributed by atoms with Crippen LogP contribution >= 0.6 is 23.2 Å². The van der Waals surface area contributed by atoms with E-state index in [4.69, 9.17) is 27.6 Å². The Balaban J connectivity index is 2.33. The van der Waals surface area contributed by atoms with Gasteiger partial charge < -0.3 is 4.42 Å². The second kappa shape index (κ2) is 4.72. The second-order valence-electron chi connectivity index (χ2n) is 4.11. The van der Waals surface area contributed by atoms with Crippen LogP contribution in [0.1, 0.15) is 0 Å². The van der Waals surface area contributed by atoms with Crippen LogP contribution in [0.4, 0.5) is 0 Å². The van der Waals surface area contributed by atoms with Gasteiger partial charge in [0.15, 0.2) is 0 Å². The zero-order chi connectivity index (χ0) is 13.4. The first-order valence-corrected chi connectivity index (χ1v) is 6.39. The molecule has 0 saturated heterocycles. The van der Waals surface area contributed by atoms with Crippen LogP contribution in [0, 0.1) is 0 Å². The highest BCUT2D eigenvalue weighted by molar-refractivity contribution is 6.35. The smallest absolute Gasteiger partial charge is 0.344 e. The summed E-state index contributed by atoms with van der Waals surface area (Å²) in [6.07, 6.45) is 0. The lowest BCUT2D eigenvalue weighted by molar-refractivity contribution is 0.563. The van der Waals surface area contributed by atoms with Crippen LogP contribution in [0.15, 0.2) is 57.7 Å². The molecule has 1 heterocycles. The van der Waals surface area contributed by atoms with Crippen LogP contribution in [0.25, 0.3) is 22.1 Å². The Morgan fingerprint density at radius 1 is 0.895 bits per heavy atom. The fraction of sp³-hybridized carbons (Fsp3) is 0. The predicted octanol–water partition coefficient (Wildman–Crippen LogP) is 4.77. The maximum Gasteiger partial charge on any atom is 0.344 e. The number of hydrogen-bond donors (Lipinski definition) is 0. The van der Waals surface area contributed by atoms with Gasteiger partial charge in [-0.1, -0.05) is 41.4 Å². The Bertz CT molecular complexity index is 822. The molecule has 0 radical (unpaired) electrons. The SMILES string of the molecule is O=c1oc2ccccc2cc1-c1cc(Cl)ccc1Cl. The van der Waals surface area contributed by atoms with E-state index >= 15 is 0 Å². The van der Waals surface area contributed by atoms with E-state index in [-0.39, 0.29) is 0 Å². The van der Waals surface area contributed by atoms with Gasteiger partial charge in [0.2, 0.25) is 0 Å². The van der Waals surface area contributed by atoms with Crippen LogP contribution in [0.2, 0.25) is 10.0 Å². The summed E-state index contributed by atoms with van der Waals surface area (Å²) in [5, 5.41) is 1.83. The first-order chi connectivity index (χ1) is 9.15. The van der Waals surface area contributed by atoms with Crippen LogP contribution in [-0.2, 0) is 0 Å². The summed E-state index contributed by atoms with van der Waals surface area (Å²) < 4.78 is 5.28. The molecule has 3 rings (SSSR count). The average molecular weight is 291 g/mol. The fourth-order valence-electron chi connectivity index (χ4n) is 1.95. The van der Waals surface area contributed by atoms with E-state index in [1.807, 2.05) is 18.2 Å². The van der Waals surface area contributed by atoms with E-state index in [1.54, 1.807) is 30.3 Å². The van der Waals surface area contributed by atoms with Crippen molar-refractivity contribution in [2.45, 2.75) is 0 Å². The molecule has 1 aromatic heterocycles. The molecule has 2 nitrogen and oxygen atoms in total. The largest absolute Gasteiger partial charge is 0.422 e. The van der Waals surface area contributed by atoms with Crippen LogP contribution in [-0.4, -0.2) is 0 Å². The van der Waals surface area contributed by atoms with Crippen LogP contribution in [0.5, 0.6) is 0 Å². The normalized spacial score (nSPS) is 10.8. The van der Waals surface area contributed by atoms with Gasteiger partial charge in [0, 0.05) is 21.0 Å². The predicted molar refractivity (Wildman–Crippen MR) is 77.9 cm³/mol. The third-order valence-electron chi connectivity index (χ3n) is 2.86. The lowest BCUT2D eigenvalue weighted by Gasteiger charge is -2.05. The first kappa shape index (κ1) is 12.3. The first-order valence-electron chi connectivity index (χ1n) is 5.63. The van der Waals surface area contributed by atoms with Crippen molar-refractivity contribution < 1.29 is 4.42 Å². The zero-order valence-electron chi connectivity index (χ0n) is 9.69. The molecule has 0 fully saturated rings. The highest BCUT2D eigenvalue weighted by Gasteiger charge is 2.11. The van der Waals surface area contributed by atoms with Crippen LogP contribution < -0.4 is 5.63 Å². The van der Waals surface area contributed by atoms with Gasteiger partial charge in [-0.3, -0.25) is 0 Å². The number of hydrogen-bond acceptors (Lipinski definition) is 2. The van der Waals surface area contributed by atoms with E-state index in [0.29, 0.717) is 26.8 Å². The molecule has 0 amide bonds. The number of para-hydroxylation sites is 1. The highest BCUT2D eigenvalue weighted by atomic mass is 35.5. The molecule has 0 spiro atoms. The number of benzene rings is 2. The lowest BCUT2D eigenvalue weighted by Crippen LogP contribution is -2.02. The molecule has 4 heteroatoms. The van der Waals surface area contributed by atoms with Gasteiger partial charge in [-0.25, -0.2) is 4.79 Å². The molecule has 0 aliphatic rings. The van der Waals surface area contributed by atoms with E-state index < -0.39 is 5.63 Å². The molecular weight excluding hydrogens is 283 g/mol. The van der Waals surface area contributed by atoms with Crippen molar-refractivity contribution in [3.8, 4) is 11.1 Å². The summed E-state index contributed by atoms with van der Waals surface area (Å²) in [7, 11) is 0. The summed E-state index contributed by atoms with van der Waals surface area (Å²) in [6.45, 7) is 0. The van der Waals surface area contributed by atoms with Crippen molar-refractivity contribution in [3.63, 3.8) is 0 Å². The van der Waals surface area contributed by atoms with Gasteiger partial charge in [-0.05, 0) is 30.3 Å². The molecule has 3 aromatic rings. The van der Waals surface area contributed by atoms with Gasteiger partial charge >= 0.3 is 5.63 Å². The zero-order valence-corrected chi connectivity index (χ0v) is 11.2. The monoisotopic (exact) mass is 290 g/mol. The Morgan fingerprint density at radius 2 is 1.68 bits per heavy atom. The minimum absolute atomic E-state index is 0.409. The molecule has 2 aromatic carbocycles. The number of fused-ring (bicyclic) bond motifs is 1. The van der Waals surface area contributed by atoms with Gasteiger partial charge in [-0.2, -0.15) is 0 Å². The Morgan fingerprint density at radius 3 is 2.53 bits per heavy atom. The number of halogens is 2. The molecule has 0 N–H and O–H groups in total. The minimum atomic E-state index is -0.428. The molecule has 0 aliphatic carbocycles.